The summed E-state index contributed by atoms with van der Waals surface area (Å²) in [5, 5.41) is 12.2. The Balaban J connectivity index is 1.80. The molecule has 0 aromatic heterocycles. The molecule has 0 spiro atoms. The predicted molar refractivity (Wildman–Crippen MR) is 71.4 cm³/mol. The summed E-state index contributed by atoms with van der Waals surface area (Å²) in [5.41, 5.74) is 2.08. The predicted octanol–water partition coefficient (Wildman–Crippen LogP) is 2.59. The van der Waals surface area contributed by atoms with E-state index in [9.17, 15) is 4.79 Å². The molecule has 1 aromatic rings. The first-order valence-electron chi connectivity index (χ1n) is 6.68. The van der Waals surface area contributed by atoms with Crippen molar-refractivity contribution >= 4 is 5.97 Å². The molecule has 1 aliphatic carbocycles. The second-order valence-electron chi connectivity index (χ2n) is 5.25. The van der Waals surface area contributed by atoms with Crippen molar-refractivity contribution in [2.24, 2.45) is 5.92 Å². The Morgan fingerprint density at radius 2 is 1.94 bits per heavy atom. The molecule has 0 bridgehead atoms. The highest BCUT2D eigenvalue weighted by atomic mass is 16.4. The van der Waals surface area contributed by atoms with Gasteiger partial charge in [0.05, 0.1) is 6.42 Å². The number of aliphatic carboxylic acids is 1. The van der Waals surface area contributed by atoms with Gasteiger partial charge in [0.25, 0.3) is 0 Å². The molecule has 18 heavy (non-hydrogen) atoms. The van der Waals surface area contributed by atoms with Crippen LogP contribution in [0.15, 0.2) is 24.3 Å². The van der Waals surface area contributed by atoms with Crippen molar-refractivity contribution < 1.29 is 9.90 Å². The molecule has 1 aliphatic rings. The number of carboxylic acids is 1. The lowest BCUT2D eigenvalue weighted by atomic mass is 9.80. The zero-order chi connectivity index (χ0) is 13.0. The first-order valence-corrected chi connectivity index (χ1v) is 6.68. The SMILES string of the molecule is CC(NCc1ccc(CC(=O)O)cc1)C1CCC1. The van der Waals surface area contributed by atoms with E-state index in [1.165, 1.54) is 24.8 Å². The molecule has 3 heteroatoms. The standard InChI is InChI=1S/C15H21NO2/c1-11(14-3-2-4-14)16-10-13-7-5-12(6-8-13)9-15(17)18/h5-8,11,14,16H,2-4,9-10H2,1H3,(H,17,18). The third-order valence-corrected chi connectivity index (χ3v) is 3.86. The van der Waals surface area contributed by atoms with Crippen LogP contribution in [0.2, 0.25) is 0 Å². The summed E-state index contributed by atoms with van der Waals surface area (Å²) in [6.45, 7) is 3.12. The van der Waals surface area contributed by atoms with Gasteiger partial charge in [-0.15, -0.1) is 0 Å². The molecular formula is C15H21NO2. The fraction of sp³-hybridized carbons (Fsp3) is 0.533. The van der Waals surface area contributed by atoms with Crippen LogP contribution in [-0.2, 0) is 17.8 Å². The highest BCUT2D eigenvalue weighted by Crippen LogP contribution is 2.29. The Labute approximate surface area is 108 Å². The summed E-state index contributed by atoms with van der Waals surface area (Å²) in [7, 11) is 0. The Morgan fingerprint density at radius 3 is 2.44 bits per heavy atom. The highest BCUT2D eigenvalue weighted by Gasteiger charge is 2.23. The summed E-state index contributed by atoms with van der Waals surface area (Å²) in [5.74, 6) is 0.0655. The minimum Gasteiger partial charge on any atom is -0.481 e. The van der Waals surface area contributed by atoms with Crippen molar-refractivity contribution in [1.82, 2.24) is 5.32 Å². The van der Waals surface area contributed by atoms with Crippen molar-refractivity contribution in [3.63, 3.8) is 0 Å². The fourth-order valence-electron chi connectivity index (χ4n) is 2.33. The first-order chi connectivity index (χ1) is 8.65. The van der Waals surface area contributed by atoms with Crippen molar-refractivity contribution in [3.05, 3.63) is 35.4 Å². The highest BCUT2D eigenvalue weighted by molar-refractivity contribution is 5.70. The second-order valence-corrected chi connectivity index (χ2v) is 5.25. The van der Waals surface area contributed by atoms with Gasteiger partial charge in [0.1, 0.15) is 0 Å². The third-order valence-electron chi connectivity index (χ3n) is 3.86. The largest absolute Gasteiger partial charge is 0.481 e. The number of carboxylic acid groups (broad SMARTS) is 1. The van der Waals surface area contributed by atoms with Crippen LogP contribution in [0.4, 0.5) is 0 Å². The van der Waals surface area contributed by atoms with E-state index in [0.29, 0.717) is 6.04 Å². The number of hydrogen-bond acceptors (Lipinski definition) is 2. The van der Waals surface area contributed by atoms with Crippen LogP contribution in [0.5, 0.6) is 0 Å². The average Bonchev–Trinajstić information content (AvgIpc) is 2.25. The monoisotopic (exact) mass is 247 g/mol. The Morgan fingerprint density at radius 1 is 1.33 bits per heavy atom. The van der Waals surface area contributed by atoms with E-state index in [0.717, 1.165) is 18.0 Å². The molecule has 1 atom stereocenters. The topological polar surface area (TPSA) is 49.3 Å². The Bertz CT molecular complexity index is 395. The Hall–Kier alpha value is -1.35. The summed E-state index contributed by atoms with van der Waals surface area (Å²) >= 11 is 0. The van der Waals surface area contributed by atoms with E-state index in [4.69, 9.17) is 5.11 Å². The van der Waals surface area contributed by atoms with Gasteiger partial charge in [0.2, 0.25) is 0 Å². The van der Waals surface area contributed by atoms with E-state index in [1.54, 1.807) is 0 Å². The maximum absolute atomic E-state index is 10.6. The van der Waals surface area contributed by atoms with Gasteiger partial charge in [-0.3, -0.25) is 4.79 Å². The van der Waals surface area contributed by atoms with Crippen molar-refractivity contribution in [3.8, 4) is 0 Å². The van der Waals surface area contributed by atoms with Crippen LogP contribution < -0.4 is 5.32 Å². The molecule has 0 amide bonds. The van der Waals surface area contributed by atoms with Crippen LogP contribution in [0.1, 0.15) is 37.3 Å². The third kappa shape index (κ3) is 3.57. The van der Waals surface area contributed by atoms with Gasteiger partial charge in [0.15, 0.2) is 0 Å². The van der Waals surface area contributed by atoms with Gasteiger partial charge in [-0.1, -0.05) is 30.7 Å². The summed E-state index contributed by atoms with van der Waals surface area (Å²) < 4.78 is 0. The van der Waals surface area contributed by atoms with Crippen molar-refractivity contribution in [1.29, 1.82) is 0 Å². The molecular weight excluding hydrogens is 226 g/mol. The van der Waals surface area contributed by atoms with Crippen molar-refractivity contribution in [2.45, 2.75) is 45.2 Å². The molecule has 1 fully saturated rings. The van der Waals surface area contributed by atoms with E-state index < -0.39 is 5.97 Å². The maximum Gasteiger partial charge on any atom is 0.307 e. The van der Waals surface area contributed by atoms with Crippen LogP contribution >= 0.6 is 0 Å². The van der Waals surface area contributed by atoms with E-state index in [1.807, 2.05) is 24.3 Å². The van der Waals surface area contributed by atoms with Gasteiger partial charge >= 0.3 is 5.97 Å². The Kier molecular flexibility index (Phi) is 4.37. The normalized spacial score (nSPS) is 17.2. The molecule has 2 N–H and O–H groups in total. The van der Waals surface area contributed by atoms with Gasteiger partial charge in [-0.05, 0) is 36.8 Å². The van der Waals surface area contributed by atoms with Gasteiger partial charge < -0.3 is 10.4 Å². The van der Waals surface area contributed by atoms with Crippen LogP contribution in [-0.4, -0.2) is 17.1 Å². The van der Waals surface area contributed by atoms with E-state index >= 15 is 0 Å². The maximum atomic E-state index is 10.6. The van der Waals surface area contributed by atoms with Crippen LogP contribution in [0.25, 0.3) is 0 Å². The number of rotatable bonds is 6. The smallest absolute Gasteiger partial charge is 0.307 e. The minimum atomic E-state index is -0.778. The molecule has 1 unspecified atom stereocenters. The van der Waals surface area contributed by atoms with E-state index in [2.05, 4.69) is 12.2 Å². The van der Waals surface area contributed by atoms with Crippen LogP contribution in [0.3, 0.4) is 0 Å². The van der Waals surface area contributed by atoms with Gasteiger partial charge in [-0.25, -0.2) is 0 Å². The van der Waals surface area contributed by atoms with Gasteiger partial charge in [-0.2, -0.15) is 0 Å². The fourth-order valence-corrected chi connectivity index (χ4v) is 2.33. The van der Waals surface area contributed by atoms with Gasteiger partial charge in [0, 0.05) is 12.6 Å². The minimum absolute atomic E-state index is 0.103. The summed E-state index contributed by atoms with van der Waals surface area (Å²) in [4.78, 5) is 10.6. The lowest BCUT2D eigenvalue weighted by Crippen LogP contribution is -2.36. The molecule has 1 saturated carbocycles. The molecule has 0 heterocycles. The first kappa shape index (κ1) is 13.1. The van der Waals surface area contributed by atoms with E-state index in [-0.39, 0.29) is 6.42 Å². The number of hydrogen-bond donors (Lipinski definition) is 2. The molecule has 0 aliphatic heterocycles. The lowest BCUT2D eigenvalue weighted by molar-refractivity contribution is -0.136. The number of carbonyl (C=O) groups is 1. The quantitative estimate of drug-likeness (QED) is 0.812. The molecule has 3 nitrogen and oxygen atoms in total. The average molecular weight is 247 g/mol. The molecule has 1 aromatic carbocycles. The molecule has 2 rings (SSSR count). The van der Waals surface area contributed by atoms with Crippen molar-refractivity contribution in [2.75, 3.05) is 0 Å². The summed E-state index contributed by atoms with van der Waals surface area (Å²) in [6, 6.07) is 8.41. The zero-order valence-electron chi connectivity index (χ0n) is 10.9. The van der Waals surface area contributed by atoms with Crippen LogP contribution in [0, 0.1) is 5.92 Å². The molecule has 98 valence electrons. The lowest BCUT2D eigenvalue weighted by Gasteiger charge is -2.32. The zero-order valence-corrected chi connectivity index (χ0v) is 10.9. The number of benzene rings is 1. The number of nitrogens with one attached hydrogen (secondary N) is 1. The second kappa shape index (κ2) is 6.01. The summed E-state index contributed by atoms with van der Waals surface area (Å²) in [6.07, 6.45) is 4.18. The molecule has 0 saturated heterocycles. The molecule has 0 radical (unpaired) electrons.